The molecule has 0 radical (unpaired) electrons. The Balaban J connectivity index is 1.77. The van der Waals surface area contributed by atoms with Gasteiger partial charge in [0.25, 0.3) is 0 Å². The van der Waals surface area contributed by atoms with Crippen LogP contribution >= 0.6 is 0 Å². The summed E-state index contributed by atoms with van der Waals surface area (Å²) in [5.41, 5.74) is 7.79. The smallest absolute Gasteiger partial charge is 0.248 e. The third kappa shape index (κ3) is 4.74. The summed E-state index contributed by atoms with van der Waals surface area (Å²) in [6, 6.07) is 8.03. The first kappa shape index (κ1) is 16.9. The van der Waals surface area contributed by atoms with E-state index in [0.29, 0.717) is 12.3 Å². The van der Waals surface area contributed by atoms with E-state index in [4.69, 9.17) is 0 Å². The summed E-state index contributed by atoms with van der Waals surface area (Å²) >= 11 is 0. The van der Waals surface area contributed by atoms with Gasteiger partial charge in [-0.1, -0.05) is 38.1 Å². The summed E-state index contributed by atoms with van der Waals surface area (Å²) in [5, 5.41) is 7.80. The van der Waals surface area contributed by atoms with Crippen molar-refractivity contribution in [1.29, 1.82) is 0 Å². The van der Waals surface area contributed by atoms with Crippen molar-refractivity contribution in [1.82, 2.24) is 10.9 Å². The van der Waals surface area contributed by atoms with Crippen molar-refractivity contribution in [3.63, 3.8) is 0 Å². The Bertz CT molecular complexity index is 632. The zero-order chi connectivity index (χ0) is 16.8. The predicted octanol–water partition coefficient (Wildman–Crippen LogP) is 2.16. The van der Waals surface area contributed by atoms with Gasteiger partial charge >= 0.3 is 0 Å². The molecular formula is C17H22N4O2. The summed E-state index contributed by atoms with van der Waals surface area (Å²) < 4.78 is 0. The van der Waals surface area contributed by atoms with Crippen molar-refractivity contribution >= 4 is 23.7 Å². The quantitative estimate of drug-likeness (QED) is 0.623. The van der Waals surface area contributed by atoms with Crippen molar-refractivity contribution in [3.8, 4) is 0 Å². The number of nitrogens with one attached hydrogen (secondary N) is 2. The Kier molecular flexibility index (Phi) is 5.62. The summed E-state index contributed by atoms with van der Waals surface area (Å²) in [6.07, 6.45) is 2.27. The van der Waals surface area contributed by atoms with Crippen molar-refractivity contribution in [3.05, 3.63) is 35.4 Å². The number of hydrogen-bond donors (Lipinski definition) is 2. The third-order valence-electron chi connectivity index (χ3n) is 3.83. The fourth-order valence-electron chi connectivity index (χ4n) is 2.31. The molecule has 1 aliphatic rings. The molecule has 0 fully saturated rings. The first-order valence-electron chi connectivity index (χ1n) is 7.73. The molecule has 1 heterocycles. The Labute approximate surface area is 136 Å². The van der Waals surface area contributed by atoms with Crippen LogP contribution in [0.5, 0.6) is 0 Å². The van der Waals surface area contributed by atoms with Crippen molar-refractivity contribution in [2.45, 2.75) is 39.5 Å². The van der Waals surface area contributed by atoms with Gasteiger partial charge in [0, 0.05) is 12.1 Å². The van der Waals surface area contributed by atoms with Crippen LogP contribution in [-0.4, -0.2) is 23.7 Å². The van der Waals surface area contributed by atoms with Crippen LogP contribution in [0.4, 0.5) is 0 Å². The highest BCUT2D eigenvalue weighted by molar-refractivity contribution is 6.07. The van der Waals surface area contributed by atoms with Gasteiger partial charge in [-0.25, -0.2) is 10.9 Å². The summed E-state index contributed by atoms with van der Waals surface area (Å²) in [5.74, 6) is -0.189. The number of hydrazone groups is 2. The zero-order valence-electron chi connectivity index (χ0n) is 13.7. The highest BCUT2D eigenvalue weighted by Crippen LogP contribution is 2.14. The van der Waals surface area contributed by atoms with Crippen LogP contribution in [0, 0.1) is 5.92 Å². The number of carbonyl (C=O) groups is 2. The predicted molar refractivity (Wildman–Crippen MR) is 90.2 cm³/mol. The van der Waals surface area contributed by atoms with E-state index in [9.17, 15) is 9.59 Å². The second kappa shape index (κ2) is 7.67. The molecule has 122 valence electrons. The Hall–Kier alpha value is -2.50. The van der Waals surface area contributed by atoms with Crippen LogP contribution in [-0.2, 0) is 9.59 Å². The lowest BCUT2D eigenvalue weighted by atomic mass is 9.99. The number of rotatable bonds is 6. The number of carbonyl (C=O) groups excluding carboxylic acids is 2. The fourth-order valence-corrected chi connectivity index (χ4v) is 2.31. The van der Waals surface area contributed by atoms with Crippen LogP contribution in [0.2, 0.25) is 0 Å². The lowest BCUT2D eigenvalue weighted by Gasteiger charge is -2.06. The van der Waals surface area contributed by atoms with E-state index < -0.39 is 0 Å². The Morgan fingerprint density at radius 1 is 1.39 bits per heavy atom. The topological polar surface area (TPSA) is 82.9 Å². The second-order valence-corrected chi connectivity index (χ2v) is 5.94. The van der Waals surface area contributed by atoms with Crippen LogP contribution in [0.1, 0.15) is 50.7 Å². The van der Waals surface area contributed by atoms with Crippen molar-refractivity contribution in [2.75, 3.05) is 0 Å². The van der Waals surface area contributed by atoms with Gasteiger partial charge in [-0.05, 0) is 30.4 Å². The molecule has 0 unspecified atom stereocenters. The second-order valence-electron chi connectivity index (χ2n) is 5.94. The largest absolute Gasteiger partial charge is 0.273 e. The number of amides is 2. The molecule has 0 aliphatic carbocycles. The van der Waals surface area contributed by atoms with E-state index in [-0.39, 0.29) is 24.2 Å². The minimum Gasteiger partial charge on any atom is -0.273 e. The van der Waals surface area contributed by atoms with Crippen LogP contribution in [0.25, 0.3) is 0 Å². The summed E-state index contributed by atoms with van der Waals surface area (Å²) in [6.45, 7) is 6.06. The average molecular weight is 314 g/mol. The van der Waals surface area contributed by atoms with E-state index >= 15 is 0 Å². The van der Waals surface area contributed by atoms with E-state index in [1.54, 1.807) is 13.1 Å². The maximum atomic E-state index is 11.8. The number of hydrogen-bond acceptors (Lipinski definition) is 4. The lowest BCUT2D eigenvalue weighted by Crippen LogP contribution is -2.25. The van der Waals surface area contributed by atoms with E-state index in [2.05, 4.69) is 47.0 Å². The maximum Gasteiger partial charge on any atom is 0.248 e. The molecular weight excluding hydrogens is 292 g/mol. The van der Waals surface area contributed by atoms with Crippen LogP contribution < -0.4 is 10.9 Å². The molecule has 0 saturated carbocycles. The molecule has 0 aromatic heterocycles. The van der Waals surface area contributed by atoms with E-state index in [1.807, 2.05) is 12.1 Å². The third-order valence-corrected chi connectivity index (χ3v) is 3.83. The minimum absolute atomic E-state index is 0.149. The average Bonchev–Trinajstić information content (AvgIpc) is 2.84. The molecule has 1 atom stereocenters. The molecule has 2 N–H and O–H groups in total. The zero-order valence-corrected chi connectivity index (χ0v) is 13.7. The van der Waals surface area contributed by atoms with Gasteiger partial charge in [0.1, 0.15) is 0 Å². The first-order valence-corrected chi connectivity index (χ1v) is 7.73. The monoisotopic (exact) mass is 314 g/mol. The van der Waals surface area contributed by atoms with Crippen molar-refractivity contribution in [2.24, 2.45) is 16.1 Å². The molecule has 2 amide bonds. The maximum absolute atomic E-state index is 11.8. The molecule has 1 aromatic carbocycles. The number of benzene rings is 1. The fraction of sp³-hybridized carbons (Fsp3) is 0.412. The highest BCUT2D eigenvalue weighted by atomic mass is 16.2. The molecule has 23 heavy (non-hydrogen) atoms. The highest BCUT2D eigenvalue weighted by Gasteiger charge is 2.26. The van der Waals surface area contributed by atoms with Gasteiger partial charge in [0.05, 0.1) is 12.1 Å². The van der Waals surface area contributed by atoms with Gasteiger partial charge in [0.15, 0.2) is 0 Å². The SMILES string of the molecule is CC1=NNC(=O)[C@@H]1CCC(=O)N/N=C\c1ccc(C(C)C)cc1. The van der Waals surface area contributed by atoms with Gasteiger partial charge < -0.3 is 0 Å². The Morgan fingerprint density at radius 3 is 2.65 bits per heavy atom. The normalized spacial score (nSPS) is 17.5. The van der Waals surface area contributed by atoms with Crippen LogP contribution in [0.15, 0.2) is 34.5 Å². The van der Waals surface area contributed by atoms with Gasteiger partial charge in [-0.15, -0.1) is 0 Å². The van der Waals surface area contributed by atoms with Crippen LogP contribution in [0.3, 0.4) is 0 Å². The first-order chi connectivity index (χ1) is 11.0. The molecule has 6 nitrogen and oxygen atoms in total. The molecule has 2 rings (SSSR count). The molecule has 6 heteroatoms. The van der Waals surface area contributed by atoms with Gasteiger partial charge in [-0.2, -0.15) is 10.2 Å². The summed E-state index contributed by atoms with van der Waals surface area (Å²) in [7, 11) is 0. The number of nitrogens with zero attached hydrogens (tertiary/aromatic N) is 2. The van der Waals surface area contributed by atoms with Gasteiger partial charge in [-0.3, -0.25) is 9.59 Å². The van der Waals surface area contributed by atoms with E-state index in [0.717, 1.165) is 11.3 Å². The molecule has 1 aliphatic heterocycles. The lowest BCUT2D eigenvalue weighted by molar-refractivity contribution is -0.123. The van der Waals surface area contributed by atoms with Gasteiger partial charge in [0.2, 0.25) is 11.8 Å². The molecule has 0 spiro atoms. The standard InChI is InChI=1S/C17H22N4O2/c1-11(2)14-6-4-13(5-7-14)10-18-20-16(22)9-8-15-12(3)19-21-17(15)23/h4-7,10-11,15H,8-9H2,1-3H3,(H,20,22)(H,21,23)/b18-10-/t15-/m1/s1. The summed E-state index contributed by atoms with van der Waals surface area (Å²) in [4.78, 5) is 23.2. The molecule has 1 aromatic rings. The minimum atomic E-state index is -0.312. The Morgan fingerprint density at radius 2 is 2.09 bits per heavy atom. The molecule has 0 bridgehead atoms. The van der Waals surface area contributed by atoms with Crippen molar-refractivity contribution < 1.29 is 9.59 Å². The van der Waals surface area contributed by atoms with E-state index in [1.165, 1.54) is 5.56 Å². The molecule has 0 saturated heterocycles.